The quantitative estimate of drug-likeness (QED) is 0.901. The molecule has 0 radical (unpaired) electrons. The highest BCUT2D eigenvalue weighted by Crippen LogP contribution is 2.25. The van der Waals surface area contributed by atoms with Crippen LogP contribution in [0.4, 0.5) is 5.69 Å². The Morgan fingerprint density at radius 2 is 1.76 bits per heavy atom. The Labute approximate surface area is 107 Å². The third kappa shape index (κ3) is 2.68. The van der Waals surface area contributed by atoms with Gasteiger partial charge in [-0.2, -0.15) is 0 Å². The van der Waals surface area contributed by atoms with Gasteiger partial charge in [0.1, 0.15) is 0 Å². The van der Waals surface area contributed by atoms with Crippen LogP contribution in [0.3, 0.4) is 0 Å². The van der Waals surface area contributed by atoms with Crippen LogP contribution in [0.5, 0.6) is 0 Å². The number of nitrogens with zero attached hydrogens (tertiary/aromatic N) is 1. The molecule has 0 aliphatic heterocycles. The summed E-state index contributed by atoms with van der Waals surface area (Å²) in [6, 6.07) is 10.6. The summed E-state index contributed by atoms with van der Waals surface area (Å²) in [5.74, 6) is 0. The van der Waals surface area contributed by atoms with Crippen molar-refractivity contribution in [2.75, 3.05) is 19.0 Å². The summed E-state index contributed by atoms with van der Waals surface area (Å²) in [7, 11) is 4.08. The van der Waals surface area contributed by atoms with Crippen molar-refractivity contribution in [2.24, 2.45) is 5.73 Å². The molecule has 2 rings (SSSR count). The fourth-order valence-corrected chi connectivity index (χ4v) is 2.54. The van der Waals surface area contributed by atoms with Crippen molar-refractivity contribution in [3.8, 4) is 0 Å². The molecule has 2 nitrogen and oxygen atoms in total. The zero-order valence-corrected chi connectivity index (χ0v) is 11.3. The molecule has 1 aromatic carbocycles. The second-order valence-electron chi connectivity index (χ2n) is 4.45. The summed E-state index contributed by atoms with van der Waals surface area (Å²) >= 11 is 1.75. The van der Waals surface area contributed by atoms with Gasteiger partial charge in [-0.3, -0.25) is 0 Å². The molecule has 90 valence electrons. The van der Waals surface area contributed by atoms with Gasteiger partial charge < -0.3 is 10.6 Å². The van der Waals surface area contributed by atoms with E-state index in [2.05, 4.69) is 47.5 Å². The summed E-state index contributed by atoms with van der Waals surface area (Å²) in [4.78, 5) is 3.39. The van der Waals surface area contributed by atoms with E-state index in [0.29, 0.717) is 0 Å². The van der Waals surface area contributed by atoms with E-state index < -0.39 is 0 Å². The summed E-state index contributed by atoms with van der Waals surface area (Å²) in [6.07, 6.45) is 0. The predicted molar refractivity (Wildman–Crippen MR) is 75.9 cm³/mol. The van der Waals surface area contributed by atoms with E-state index in [1.807, 2.05) is 14.1 Å². The van der Waals surface area contributed by atoms with Crippen molar-refractivity contribution in [1.82, 2.24) is 0 Å². The van der Waals surface area contributed by atoms with Crippen LogP contribution in [0.15, 0.2) is 35.7 Å². The Kier molecular flexibility index (Phi) is 3.50. The molecule has 0 saturated carbocycles. The fraction of sp³-hybridized carbons (Fsp3) is 0.286. The van der Waals surface area contributed by atoms with Crippen LogP contribution < -0.4 is 10.6 Å². The van der Waals surface area contributed by atoms with E-state index in [9.17, 15) is 0 Å². The van der Waals surface area contributed by atoms with Gasteiger partial charge in [-0.15, -0.1) is 11.3 Å². The molecule has 1 heterocycles. The van der Waals surface area contributed by atoms with Crippen molar-refractivity contribution in [3.05, 3.63) is 51.7 Å². The highest BCUT2D eigenvalue weighted by molar-refractivity contribution is 7.10. The lowest BCUT2D eigenvalue weighted by atomic mass is 10.0. The normalized spacial score (nSPS) is 12.5. The van der Waals surface area contributed by atoms with Crippen LogP contribution in [-0.2, 0) is 0 Å². The summed E-state index contributed by atoms with van der Waals surface area (Å²) in [5.41, 5.74) is 9.81. The minimum Gasteiger partial charge on any atom is -0.378 e. The maximum Gasteiger partial charge on any atom is 0.0559 e. The molecule has 0 bridgehead atoms. The van der Waals surface area contributed by atoms with Crippen molar-refractivity contribution < 1.29 is 0 Å². The summed E-state index contributed by atoms with van der Waals surface area (Å²) in [5, 5.41) is 2.14. The minimum absolute atomic E-state index is 0.0174. The van der Waals surface area contributed by atoms with Crippen molar-refractivity contribution >= 4 is 17.0 Å². The number of hydrogen-bond donors (Lipinski definition) is 1. The Hall–Kier alpha value is -1.32. The van der Waals surface area contributed by atoms with Gasteiger partial charge in [0, 0.05) is 24.7 Å². The lowest BCUT2D eigenvalue weighted by Crippen LogP contribution is -2.12. The van der Waals surface area contributed by atoms with Gasteiger partial charge in [0.05, 0.1) is 6.04 Å². The van der Waals surface area contributed by atoms with Gasteiger partial charge in [0.2, 0.25) is 0 Å². The first-order chi connectivity index (χ1) is 8.08. The molecule has 0 spiro atoms. The molecule has 1 aromatic heterocycles. The second kappa shape index (κ2) is 4.90. The molecule has 2 N–H and O–H groups in total. The molecule has 1 unspecified atom stereocenters. The first-order valence-electron chi connectivity index (χ1n) is 5.66. The molecular formula is C14H18N2S. The minimum atomic E-state index is -0.0174. The summed E-state index contributed by atoms with van der Waals surface area (Å²) in [6.45, 7) is 2.11. The van der Waals surface area contributed by atoms with Crippen molar-refractivity contribution in [1.29, 1.82) is 0 Å². The topological polar surface area (TPSA) is 29.3 Å². The number of nitrogens with two attached hydrogens (primary N) is 1. The number of hydrogen-bond acceptors (Lipinski definition) is 3. The van der Waals surface area contributed by atoms with Crippen LogP contribution in [0.1, 0.15) is 22.0 Å². The lowest BCUT2D eigenvalue weighted by Gasteiger charge is -2.15. The van der Waals surface area contributed by atoms with Gasteiger partial charge in [-0.05, 0) is 41.6 Å². The molecule has 3 heteroatoms. The van der Waals surface area contributed by atoms with E-state index >= 15 is 0 Å². The van der Waals surface area contributed by atoms with Gasteiger partial charge in [0.15, 0.2) is 0 Å². The van der Waals surface area contributed by atoms with Gasteiger partial charge in [-0.25, -0.2) is 0 Å². The van der Waals surface area contributed by atoms with E-state index in [1.165, 1.54) is 16.1 Å². The summed E-state index contributed by atoms with van der Waals surface area (Å²) < 4.78 is 0. The van der Waals surface area contributed by atoms with E-state index in [-0.39, 0.29) is 6.04 Å². The van der Waals surface area contributed by atoms with Gasteiger partial charge >= 0.3 is 0 Å². The standard InChI is InChI=1S/C14H18N2S/c1-10-8-12(9-17-10)14(15)11-4-6-13(7-5-11)16(2)3/h4-9,14H,15H2,1-3H3. The fourth-order valence-electron chi connectivity index (χ4n) is 1.80. The molecule has 0 amide bonds. The molecule has 0 aliphatic rings. The smallest absolute Gasteiger partial charge is 0.0559 e. The molecule has 2 aromatic rings. The number of rotatable bonds is 3. The second-order valence-corrected chi connectivity index (χ2v) is 5.57. The third-order valence-corrected chi connectivity index (χ3v) is 3.76. The number of thiophene rings is 1. The van der Waals surface area contributed by atoms with Crippen LogP contribution in [0.25, 0.3) is 0 Å². The van der Waals surface area contributed by atoms with Gasteiger partial charge in [-0.1, -0.05) is 12.1 Å². The van der Waals surface area contributed by atoms with E-state index in [0.717, 1.165) is 5.56 Å². The molecule has 0 aliphatic carbocycles. The number of aryl methyl sites for hydroxylation is 1. The average molecular weight is 246 g/mol. The zero-order valence-electron chi connectivity index (χ0n) is 10.5. The molecular weight excluding hydrogens is 228 g/mol. The van der Waals surface area contributed by atoms with Crippen LogP contribution in [-0.4, -0.2) is 14.1 Å². The molecule has 17 heavy (non-hydrogen) atoms. The molecule has 0 saturated heterocycles. The number of anilines is 1. The highest BCUT2D eigenvalue weighted by Gasteiger charge is 2.10. The Morgan fingerprint density at radius 1 is 1.12 bits per heavy atom. The van der Waals surface area contributed by atoms with Gasteiger partial charge in [0.25, 0.3) is 0 Å². The first kappa shape index (κ1) is 12.1. The Bertz CT molecular complexity index is 485. The van der Waals surface area contributed by atoms with Crippen LogP contribution in [0.2, 0.25) is 0 Å². The van der Waals surface area contributed by atoms with Crippen LogP contribution >= 0.6 is 11.3 Å². The Balaban J connectivity index is 2.22. The SMILES string of the molecule is Cc1cc(C(N)c2ccc(N(C)C)cc2)cs1. The van der Waals surface area contributed by atoms with E-state index in [1.54, 1.807) is 11.3 Å². The maximum absolute atomic E-state index is 6.25. The Morgan fingerprint density at radius 3 is 2.24 bits per heavy atom. The van der Waals surface area contributed by atoms with Crippen molar-refractivity contribution in [3.63, 3.8) is 0 Å². The van der Waals surface area contributed by atoms with E-state index in [4.69, 9.17) is 5.73 Å². The lowest BCUT2D eigenvalue weighted by molar-refractivity contribution is 0.875. The number of benzene rings is 1. The maximum atomic E-state index is 6.25. The van der Waals surface area contributed by atoms with Crippen molar-refractivity contribution in [2.45, 2.75) is 13.0 Å². The largest absolute Gasteiger partial charge is 0.378 e. The molecule has 0 fully saturated rings. The highest BCUT2D eigenvalue weighted by atomic mass is 32.1. The zero-order chi connectivity index (χ0) is 12.4. The predicted octanol–water partition coefficient (Wildman–Crippen LogP) is 3.17. The first-order valence-corrected chi connectivity index (χ1v) is 6.54. The third-order valence-electron chi connectivity index (χ3n) is 2.88. The average Bonchev–Trinajstić information content (AvgIpc) is 2.75. The molecule has 1 atom stereocenters. The van der Waals surface area contributed by atoms with Crippen LogP contribution in [0, 0.1) is 6.92 Å². The monoisotopic (exact) mass is 246 g/mol.